The van der Waals surface area contributed by atoms with E-state index in [2.05, 4.69) is 22.3 Å². The second-order valence-electron chi connectivity index (χ2n) is 4.86. The van der Waals surface area contributed by atoms with Gasteiger partial charge in [0.2, 0.25) is 0 Å². The fourth-order valence-electron chi connectivity index (χ4n) is 2.56. The molecule has 0 bridgehead atoms. The Morgan fingerprint density at radius 1 is 1.10 bits per heavy atom. The Labute approximate surface area is 135 Å². The van der Waals surface area contributed by atoms with E-state index in [0.29, 0.717) is 0 Å². The zero-order chi connectivity index (χ0) is 12.4. The Balaban J connectivity index is 0.000001000. The number of anilines is 1. The monoisotopic (exact) mass is 337 g/mol. The van der Waals surface area contributed by atoms with Crippen molar-refractivity contribution in [3.63, 3.8) is 0 Å². The predicted octanol–water partition coefficient (Wildman–Crippen LogP) is 1.18. The van der Waals surface area contributed by atoms with E-state index in [0.717, 1.165) is 56.3 Å². The van der Waals surface area contributed by atoms with Crippen LogP contribution in [0, 0.1) is 0 Å². The number of pyridine rings is 1. The maximum atomic E-state index is 11.4. The van der Waals surface area contributed by atoms with Crippen LogP contribution in [0.25, 0.3) is 0 Å². The third-order valence-corrected chi connectivity index (χ3v) is 4.94. The van der Waals surface area contributed by atoms with Crippen LogP contribution in [0.2, 0.25) is 0 Å². The Bertz CT molecular complexity index is 463. The van der Waals surface area contributed by atoms with Crippen LogP contribution < -0.4 is 10.2 Å². The highest BCUT2D eigenvalue weighted by atomic mass is 35.5. The lowest BCUT2D eigenvalue weighted by Gasteiger charge is -2.28. The van der Waals surface area contributed by atoms with Crippen molar-refractivity contribution in [1.82, 2.24) is 10.3 Å². The minimum atomic E-state index is -0.619. The summed E-state index contributed by atoms with van der Waals surface area (Å²) in [4.78, 5) is 7.07. The number of fused-ring (bicyclic) bond motifs is 1. The van der Waals surface area contributed by atoms with Gasteiger partial charge in [0.05, 0.1) is 0 Å². The van der Waals surface area contributed by atoms with Gasteiger partial charge < -0.3 is 10.2 Å². The smallest absolute Gasteiger partial charge is 0.128 e. The molecule has 3 heterocycles. The zero-order valence-corrected chi connectivity index (χ0v) is 13.8. The number of halogens is 2. The average Bonchev–Trinajstić information content (AvgIpc) is 2.64. The molecule has 1 N–H and O–H groups in total. The zero-order valence-electron chi connectivity index (χ0n) is 11.3. The van der Waals surface area contributed by atoms with Gasteiger partial charge in [0, 0.05) is 54.1 Å². The SMILES string of the molecule is Cl.Cl.O=S1CCN(c2ccc3c(n2)CCNCC3)CC1. The van der Waals surface area contributed by atoms with E-state index in [9.17, 15) is 4.21 Å². The molecule has 0 spiro atoms. The molecule has 7 heteroatoms. The topological polar surface area (TPSA) is 45.2 Å². The summed E-state index contributed by atoms with van der Waals surface area (Å²) in [5, 5.41) is 3.41. The second kappa shape index (κ2) is 8.17. The van der Waals surface area contributed by atoms with Gasteiger partial charge in [-0.2, -0.15) is 0 Å². The lowest BCUT2D eigenvalue weighted by atomic mass is 10.1. The molecular formula is C13H21Cl2N3OS. The Kier molecular flexibility index (Phi) is 7.23. The summed E-state index contributed by atoms with van der Waals surface area (Å²) in [5.41, 5.74) is 2.62. The van der Waals surface area contributed by atoms with Crippen molar-refractivity contribution >= 4 is 41.4 Å². The minimum Gasteiger partial charge on any atom is -0.355 e. The summed E-state index contributed by atoms with van der Waals surface area (Å²) >= 11 is 0. The molecular weight excluding hydrogens is 317 g/mol. The molecule has 0 saturated carbocycles. The first-order valence-electron chi connectivity index (χ1n) is 6.62. The number of hydrogen-bond acceptors (Lipinski definition) is 4. The van der Waals surface area contributed by atoms with Crippen LogP contribution in [0.5, 0.6) is 0 Å². The van der Waals surface area contributed by atoms with Crippen LogP contribution in [-0.4, -0.2) is 46.9 Å². The highest BCUT2D eigenvalue weighted by Gasteiger charge is 2.18. The van der Waals surface area contributed by atoms with Gasteiger partial charge in [-0.1, -0.05) is 6.07 Å². The van der Waals surface area contributed by atoms with Gasteiger partial charge in [-0.05, 0) is 24.6 Å². The van der Waals surface area contributed by atoms with Crippen LogP contribution >= 0.6 is 24.8 Å². The highest BCUT2D eigenvalue weighted by molar-refractivity contribution is 7.85. The van der Waals surface area contributed by atoms with E-state index < -0.39 is 10.8 Å². The summed E-state index contributed by atoms with van der Waals surface area (Å²) in [6, 6.07) is 4.34. The molecule has 20 heavy (non-hydrogen) atoms. The minimum absolute atomic E-state index is 0. The van der Waals surface area contributed by atoms with Crippen LogP contribution in [-0.2, 0) is 23.6 Å². The van der Waals surface area contributed by atoms with Gasteiger partial charge in [-0.15, -0.1) is 24.8 Å². The first-order chi connectivity index (χ1) is 8.83. The van der Waals surface area contributed by atoms with Gasteiger partial charge in [-0.25, -0.2) is 4.98 Å². The van der Waals surface area contributed by atoms with Crippen molar-refractivity contribution < 1.29 is 4.21 Å². The average molecular weight is 338 g/mol. The molecule has 1 saturated heterocycles. The predicted molar refractivity (Wildman–Crippen MR) is 89.1 cm³/mol. The van der Waals surface area contributed by atoms with E-state index in [1.807, 2.05) is 0 Å². The summed E-state index contributed by atoms with van der Waals surface area (Å²) in [6.07, 6.45) is 2.09. The molecule has 1 fully saturated rings. The molecule has 1 aromatic rings. The van der Waals surface area contributed by atoms with Crippen LogP contribution in [0.1, 0.15) is 11.3 Å². The van der Waals surface area contributed by atoms with E-state index in [-0.39, 0.29) is 24.8 Å². The first-order valence-corrected chi connectivity index (χ1v) is 8.11. The molecule has 1 aromatic heterocycles. The first kappa shape index (κ1) is 17.7. The molecule has 2 aliphatic rings. The van der Waals surface area contributed by atoms with Crippen molar-refractivity contribution in [2.75, 3.05) is 42.6 Å². The molecule has 4 nitrogen and oxygen atoms in total. The molecule has 0 aliphatic carbocycles. The fraction of sp³-hybridized carbons (Fsp3) is 0.615. The lowest BCUT2D eigenvalue weighted by molar-refractivity contribution is 0.672. The standard InChI is InChI=1S/C13H19N3OS.2ClH/c17-18-9-7-16(8-10-18)13-2-1-11-3-5-14-6-4-12(11)15-13;;/h1-2,14H,3-10H2;2*1H. The molecule has 0 amide bonds. The maximum absolute atomic E-state index is 11.4. The van der Waals surface area contributed by atoms with Crippen molar-refractivity contribution in [1.29, 1.82) is 0 Å². The number of nitrogens with one attached hydrogen (secondary N) is 1. The quantitative estimate of drug-likeness (QED) is 0.835. The Morgan fingerprint density at radius 3 is 2.55 bits per heavy atom. The summed E-state index contributed by atoms with van der Waals surface area (Å²) < 4.78 is 11.4. The van der Waals surface area contributed by atoms with Gasteiger partial charge in [0.25, 0.3) is 0 Å². The van der Waals surface area contributed by atoms with Crippen LogP contribution in [0.15, 0.2) is 12.1 Å². The van der Waals surface area contributed by atoms with Crippen molar-refractivity contribution in [2.45, 2.75) is 12.8 Å². The highest BCUT2D eigenvalue weighted by Crippen LogP contribution is 2.18. The molecule has 0 unspecified atom stereocenters. The van der Waals surface area contributed by atoms with Crippen LogP contribution in [0.4, 0.5) is 5.82 Å². The summed E-state index contributed by atoms with van der Waals surface area (Å²) in [6.45, 7) is 3.82. The van der Waals surface area contributed by atoms with Crippen LogP contribution in [0.3, 0.4) is 0 Å². The molecule has 0 atom stereocenters. The van der Waals surface area contributed by atoms with E-state index in [1.54, 1.807) is 0 Å². The number of rotatable bonds is 1. The van der Waals surface area contributed by atoms with E-state index in [1.165, 1.54) is 11.3 Å². The van der Waals surface area contributed by atoms with Gasteiger partial charge in [0.1, 0.15) is 5.82 Å². The third-order valence-electron chi connectivity index (χ3n) is 3.67. The number of hydrogen-bond donors (Lipinski definition) is 1. The normalized spacial score (nSPS) is 19.3. The lowest BCUT2D eigenvalue weighted by Crippen LogP contribution is -2.38. The molecule has 3 rings (SSSR count). The molecule has 2 aliphatic heterocycles. The maximum Gasteiger partial charge on any atom is 0.128 e. The second-order valence-corrected chi connectivity index (χ2v) is 6.56. The van der Waals surface area contributed by atoms with Crippen molar-refractivity contribution in [3.8, 4) is 0 Å². The van der Waals surface area contributed by atoms with E-state index >= 15 is 0 Å². The summed E-state index contributed by atoms with van der Waals surface area (Å²) in [7, 11) is -0.619. The summed E-state index contributed by atoms with van der Waals surface area (Å²) in [5.74, 6) is 2.62. The molecule has 0 radical (unpaired) electrons. The van der Waals surface area contributed by atoms with E-state index in [4.69, 9.17) is 4.98 Å². The molecule has 0 aromatic carbocycles. The Morgan fingerprint density at radius 2 is 1.80 bits per heavy atom. The fourth-order valence-corrected chi connectivity index (χ4v) is 3.61. The number of nitrogens with zero attached hydrogens (tertiary/aromatic N) is 2. The van der Waals surface area contributed by atoms with Gasteiger partial charge in [0.15, 0.2) is 0 Å². The van der Waals surface area contributed by atoms with Crippen molar-refractivity contribution in [3.05, 3.63) is 23.4 Å². The van der Waals surface area contributed by atoms with Gasteiger partial charge in [-0.3, -0.25) is 4.21 Å². The third kappa shape index (κ3) is 4.07. The Hall–Kier alpha value is -0.360. The van der Waals surface area contributed by atoms with Gasteiger partial charge >= 0.3 is 0 Å². The largest absolute Gasteiger partial charge is 0.355 e. The van der Waals surface area contributed by atoms with Crippen molar-refractivity contribution in [2.24, 2.45) is 0 Å². The molecule has 114 valence electrons. The number of aromatic nitrogens is 1.